The summed E-state index contributed by atoms with van der Waals surface area (Å²) >= 11 is 0. The molecule has 0 aromatic heterocycles. The van der Waals surface area contributed by atoms with Gasteiger partial charge in [0, 0.05) is 17.8 Å². The molecule has 2 aliphatic rings. The number of rotatable bonds is 2. The smallest absolute Gasteiger partial charge is 0.309 e. The predicted octanol–water partition coefficient (Wildman–Crippen LogP) is 3.44. The third kappa shape index (κ3) is 2.25. The molecule has 100 valence electrons. The van der Waals surface area contributed by atoms with Crippen LogP contribution in [0, 0.1) is 5.92 Å². The zero-order valence-electron chi connectivity index (χ0n) is 11.2. The number of ether oxygens (including phenoxy) is 1. The second-order valence-corrected chi connectivity index (χ2v) is 5.23. The van der Waals surface area contributed by atoms with Crippen molar-refractivity contribution in [2.24, 2.45) is 5.92 Å². The van der Waals surface area contributed by atoms with Crippen LogP contribution in [0.4, 0.5) is 5.69 Å². The topological polar surface area (TPSA) is 38.3 Å². The van der Waals surface area contributed by atoms with Crippen LogP contribution in [-0.4, -0.2) is 12.6 Å². The number of carbonyl (C=O) groups excluding carboxylic acids is 1. The summed E-state index contributed by atoms with van der Waals surface area (Å²) in [5, 5.41) is 3.34. The van der Waals surface area contributed by atoms with Gasteiger partial charge in [0.2, 0.25) is 0 Å². The van der Waals surface area contributed by atoms with E-state index in [0.29, 0.717) is 12.5 Å². The highest BCUT2D eigenvalue weighted by Crippen LogP contribution is 2.44. The van der Waals surface area contributed by atoms with Gasteiger partial charge >= 0.3 is 5.97 Å². The molecular weight excluding hydrogens is 238 g/mol. The summed E-state index contributed by atoms with van der Waals surface area (Å²) in [6.07, 6.45) is 4.87. The van der Waals surface area contributed by atoms with Gasteiger partial charge in [-0.3, -0.25) is 4.79 Å². The molecule has 1 saturated carbocycles. The second-order valence-electron chi connectivity index (χ2n) is 5.23. The summed E-state index contributed by atoms with van der Waals surface area (Å²) < 4.78 is 5.14. The fourth-order valence-corrected chi connectivity index (χ4v) is 3.16. The van der Waals surface area contributed by atoms with Gasteiger partial charge in [-0.1, -0.05) is 18.2 Å². The molecule has 1 aliphatic heterocycles. The highest BCUT2D eigenvalue weighted by atomic mass is 16.5. The average molecular weight is 257 g/mol. The van der Waals surface area contributed by atoms with Crippen LogP contribution in [0.1, 0.15) is 37.7 Å². The Labute approximate surface area is 113 Å². The number of carbonyl (C=O) groups is 1. The lowest BCUT2D eigenvalue weighted by Gasteiger charge is -2.34. The maximum absolute atomic E-state index is 11.8. The molecule has 1 aromatic carbocycles. The van der Waals surface area contributed by atoms with Crippen molar-refractivity contribution in [3.8, 4) is 0 Å². The summed E-state index contributed by atoms with van der Waals surface area (Å²) in [5.74, 6) is 0.471. The maximum atomic E-state index is 11.8. The van der Waals surface area contributed by atoms with E-state index in [1.807, 2.05) is 6.92 Å². The van der Waals surface area contributed by atoms with Crippen LogP contribution in [-0.2, 0) is 9.53 Å². The first-order chi connectivity index (χ1) is 9.29. The number of esters is 1. The van der Waals surface area contributed by atoms with Crippen LogP contribution in [0.5, 0.6) is 0 Å². The molecule has 0 spiro atoms. The minimum atomic E-state index is -0.0410. The van der Waals surface area contributed by atoms with Crippen LogP contribution >= 0.6 is 0 Å². The summed E-state index contributed by atoms with van der Waals surface area (Å²) in [6, 6.07) is 8.43. The Balaban J connectivity index is 1.78. The molecule has 0 bridgehead atoms. The number of hydrogen-bond acceptors (Lipinski definition) is 3. The van der Waals surface area contributed by atoms with Crippen molar-refractivity contribution < 1.29 is 9.53 Å². The number of benzene rings is 1. The molecule has 19 heavy (non-hydrogen) atoms. The van der Waals surface area contributed by atoms with Gasteiger partial charge in [0.15, 0.2) is 0 Å². The van der Waals surface area contributed by atoms with Gasteiger partial charge in [-0.05, 0) is 43.4 Å². The number of anilines is 1. The van der Waals surface area contributed by atoms with Gasteiger partial charge < -0.3 is 10.1 Å². The highest BCUT2D eigenvalue weighted by Gasteiger charge is 2.33. The van der Waals surface area contributed by atoms with Gasteiger partial charge in [-0.25, -0.2) is 0 Å². The zero-order valence-corrected chi connectivity index (χ0v) is 11.2. The van der Waals surface area contributed by atoms with Gasteiger partial charge in [0.25, 0.3) is 0 Å². The number of hydrogen-bond donors (Lipinski definition) is 1. The summed E-state index contributed by atoms with van der Waals surface area (Å²) in [5.41, 5.74) is 3.90. The van der Waals surface area contributed by atoms with Crippen LogP contribution < -0.4 is 5.32 Å². The van der Waals surface area contributed by atoms with E-state index in [4.69, 9.17) is 4.74 Å². The largest absolute Gasteiger partial charge is 0.466 e. The quantitative estimate of drug-likeness (QED) is 0.825. The Bertz CT molecular complexity index is 521. The molecule has 3 rings (SSSR count). The molecule has 1 unspecified atom stereocenters. The van der Waals surface area contributed by atoms with Crippen molar-refractivity contribution in [1.29, 1.82) is 0 Å². The number of nitrogens with one attached hydrogen (secondary N) is 1. The predicted molar refractivity (Wildman–Crippen MR) is 74.9 cm³/mol. The summed E-state index contributed by atoms with van der Waals surface area (Å²) in [6.45, 7) is 2.33. The fraction of sp³-hybridized carbons (Fsp3) is 0.438. The van der Waals surface area contributed by atoms with E-state index in [2.05, 4.69) is 35.8 Å². The summed E-state index contributed by atoms with van der Waals surface area (Å²) in [4.78, 5) is 11.8. The molecule has 1 heterocycles. The van der Waals surface area contributed by atoms with Crippen LogP contribution in [0.2, 0.25) is 0 Å². The van der Waals surface area contributed by atoms with Crippen molar-refractivity contribution in [2.75, 3.05) is 11.9 Å². The lowest BCUT2D eigenvalue weighted by molar-refractivity contribution is -0.148. The van der Waals surface area contributed by atoms with E-state index < -0.39 is 0 Å². The van der Waals surface area contributed by atoms with Crippen LogP contribution in [0.15, 0.2) is 36.0 Å². The molecule has 1 aliphatic carbocycles. The number of para-hydroxylation sites is 1. The highest BCUT2D eigenvalue weighted by molar-refractivity contribution is 5.73. The van der Waals surface area contributed by atoms with E-state index in [0.717, 1.165) is 19.3 Å². The Morgan fingerprint density at radius 2 is 2.21 bits per heavy atom. The van der Waals surface area contributed by atoms with E-state index in [1.165, 1.54) is 16.8 Å². The molecule has 1 fully saturated rings. The molecule has 2 atom stereocenters. The summed E-state index contributed by atoms with van der Waals surface area (Å²) in [7, 11) is 0. The maximum Gasteiger partial charge on any atom is 0.309 e. The molecule has 1 aromatic rings. The van der Waals surface area contributed by atoms with E-state index >= 15 is 0 Å². The minimum absolute atomic E-state index is 0.0366. The molecule has 0 amide bonds. The third-order valence-electron chi connectivity index (χ3n) is 4.10. The molecule has 0 radical (unpaired) electrons. The normalized spacial score (nSPS) is 24.6. The molecule has 3 heteroatoms. The van der Waals surface area contributed by atoms with Crippen molar-refractivity contribution in [3.05, 3.63) is 41.6 Å². The van der Waals surface area contributed by atoms with Gasteiger partial charge in [-0.2, -0.15) is 0 Å². The first-order valence-electron chi connectivity index (χ1n) is 7.00. The average Bonchev–Trinajstić information content (AvgIpc) is 2.46. The molecular formula is C16H19NO2. The second kappa shape index (κ2) is 5.08. The number of fused-ring (bicyclic) bond motifs is 3. The first-order valence-corrected chi connectivity index (χ1v) is 7.00. The zero-order chi connectivity index (χ0) is 13.2. The molecule has 1 N–H and O–H groups in total. The standard InChI is InChI=1S/C16H19NO2/c1-2-19-16(18)11-7-8-13-12(9-11)10-17-15-6-4-3-5-14(13)15/h3-6,10-11,13,17H,2,7-9H2,1H3/t11?,13-/m0/s1. The van der Waals surface area contributed by atoms with Gasteiger partial charge in [-0.15, -0.1) is 0 Å². The van der Waals surface area contributed by atoms with Crippen molar-refractivity contribution >= 4 is 11.7 Å². The Morgan fingerprint density at radius 3 is 3.05 bits per heavy atom. The van der Waals surface area contributed by atoms with Crippen molar-refractivity contribution in [2.45, 2.75) is 32.1 Å². The Kier molecular flexibility index (Phi) is 3.28. The van der Waals surface area contributed by atoms with Gasteiger partial charge in [0.1, 0.15) is 0 Å². The molecule has 0 saturated heterocycles. The van der Waals surface area contributed by atoms with Gasteiger partial charge in [0.05, 0.1) is 12.5 Å². The van der Waals surface area contributed by atoms with Crippen molar-refractivity contribution in [3.63, 3.8) is 0 Å². The lowest BCUT2D eigenvalue weighted by Crippen LogP contribution is -2.26. The lowest BCUT2D eigenvalue weighted by atomic mass is 9.74. The Morgan fingerprint density at radius 1 is 1.37 bits per heavy atom. The van der Waals surface area contributed by atoms with E-state index in [1.54, 1.807) is 0 Å². The van der Waals surface area contributed by atoms with Crippen molar-refractivity contribution in [1.82, 2.24) is 0 Å². The van der Waals surface area contributed by atoms with E-state index in [9.17, 15) is 4.79 Å². The number of allylic oxidation sites excluding steroid dienone is 1. The fourth-order valence-electron chi connectivity index (χ4n) is 3.16. The minimum Gasteiger partial charge on any atom is -0.466 e. The SMILES string of the molecule is CCOC(=O)C1CC[C@H]2C(=CNc3ccccc32)C1. The van der Waals surface area contributed by atoms with Crippen LogP contribution in [0.25, 0.3) is 0 Å². The van der Waals surface area contributed by atoms with E-state index in [-0.39, 0.29) is 11.9 Å². The first kappa shape index (κ1) is 12.3. The Hall–Kier alpha value is -1.77. The molecule has 3 nitrogen and oxygen atoms in total. The monoisotopic (exact) mass is 257 g/mol. The van der Waals surface area contributed by atoms with Crippen LogP contribution in [0.3, 0.4) is 0 Å². The third-order valence-corrected chi connectivity index (χ3v) is 4.10.